The Balaban J connectivity index is 1.92. The molecule has 3 rings (SSSR count). The summed E-state index contributed by atoms with van der Waals surface area (Å²) in [6.45, 7) is 6.34. The number of hydrazone groups is 1. The van der Waals surface area contributed by atoms with Gasteiger partial charge in [-0.1, -0.05) is 48.5 Å². The lowest BCUT2D eigenvalue weighted by Gasteiger charge is -2.32. The van der Waals surface area contributed by atoms with Crippen LogP contribution in [0.3, 0.4) is 0 Å². The van der Waals surface area contributed by atoms with Crippen molar-refractivity contribution in [2.45, 2.75) is 45.6 Å². The second-order valence-electron chi connectivity index (χ2n) is 6.90. The summed E-state index contributed by atoms with van der Waals surface area (Å²) in [5, 5.41) is 17.1. The summed E-state index contributed by atoms with van der Waals surface area (Å²) in [5.74, 6) is 0.380. The van der Waals surface area contributed by atoms with E-state index in [0.29, 0.717) is 11.8 Å². The second-order valence-corrected chi connectivity index (χ2v) is 6.90. The third kappa shape index (κ3) is 3.93. The van der Waals surface area contributed by atoms with E-state index in [0.717, 1.165) is 24.1 Å². The first-order valence-corrected chi connectivity index (χ1v) is 8.92. The number of para-hydroxylation sites is 1. The minimum Gasteiger partial charge on any atom is -0.508 e. The van der Waals surface area contributed by atoms with Gasteiger partial charge in [-0.3, -0.25) is 5.01 Å². The normalized spacial score (nSPS) is 17.4. The van der Waals surface area contributed by atoms with Crippen LogP contribution in [0.4, 0.5) is 0 Å². The molecule has 0 amide bonds. The number of aromatic hydroxyl groups is 1. The molecule has 0 aliphatic carbocycles. The first-order chi connectivity index (χ1) is 12.1. The standard InChI is InChI=1S/C22H26N2O/c1-16(2)24-15-19(14-13-18-9-5-4-6-10-18)22(17(3)23-24)20-11-7-8-12-21(20)25/h4-12,15-16,22,25H,13-14H2,1-3H3. The topological polar surface area (TPSA) is 35.8 Å². The van der Waals surface area contributed by atoms with Crippen LogP contribution in [-0.2, 0) is 6.42 Å². The number of hydrogen-bond donors (Lipinski definition) is 1. The molecular formula is C22H26N2O. The van der Waals surface area contributed by atoms with E-state index in [-0.39, 0.29) is 5.92 Å². The molecule has 0 fully saturated rings. The van der Waals surface area contributed by atoms with Gasteiger partial charge in [-0.15, -0.1) is 0 Å². The maximum atomic E-state index is 10.4. The van der Waals surface area contributed by atoms with Gasteiger partial charge in [0.05, 0.1) is 5.92 Å². The van der Waals surface area contributed by atoms with E-state index >= 15 is 0 Å². The van der Waals surface area contributed by atoms with Crippen molar-refractivity contribution >= 4 is 5.71 Å². The highest BCUT2D eigenvalue weighted by Crippen LogP contribution is 2.37. The maximum Gasteiger partial charge on any atom is 0.119 e. The first kappa shape index (κ1) is 17.3. The van der Waals surface area contributed by atoms with E-state index in [1.165, 1.54) is 11.1 Å². The second kappa shape index (κ2) is 7.56. The van der Waals surface area contributed by atoms with Gasteiger partial charge < -0.3 is 5.11 Å². The molecule has 0 spiro atoms. The van der Waals surface area contributed by atoms with E-state index in [1.807, 2.05) is 29.3 Å². The van der Waals surface area contributed by atoms with Crippen LogP contribution >= 0.6 is 0 Å². The van der Waals surface area contributed by atoms with Crippen molar-refractivity contribution in [1.29, 1.82) is 0 Å². The fourth-order valence-electron chi connectivity index (χ4n) is 3.34. The zero-order valence-electron chi connectivity index (χ0n) is 15.2. The van der Waals surface area contributed by atoms with Crippen molar-refractivity contribution in [3.05, 3.63) is 77.5 Å². The average Bonchev–Trinajstić information content (AvgIpc) is 2.61. The third-order valence-electron chi connectivity index (χ3n) is 4.68. The van der Waals surface area contributed by atoms with Crippen LogP contribution in [0.25, 0.3) is 0 Å². The van der Waals surface area contributed by atoms with Gasteiger partial charge in [-0.25, -0.2) is 0 Å². The van der Waals surface area contributed by atoms with Crippen molar-refractivity contribution in [1.82, 2.24) is 5.01 Å². The van der Waals surface area contributed by atoms with Gasteiger partial charge in [-0.05, 0) is 50.8 Å². The van der Waals surface area contributed by atoms with Crippen LogP contribution in [0, 0.1) is 0 Å². The number of nitrogens with zero attached hydrogens (tertiary/aromatic N) is 2. The van der Waals surface area contributed by atoms with Crippen LogP contribution < -0.4 is 0 Å². The van der Waals surface area contributed by atoms with E-state index < -0.39 is 0 Å². The number of phenols is 1. The number of hydrogen-bond acceptors (Lipinski definition) is 3. The van der Waals surface area contributed by atoms with Crippen LogP contribution in [0.15, 0.2) is 71.5 Å². The van der Waals surface area contributed by atoms with E-state index in [9.17, 15) is 5.11 Å². The van der Waals surface area contributed by atoms with E-state index in [2.05, 4.69) is 51.2 Å². The highest BCUT2D eigenvalue weighted by atomic mass is 16.3. The molecule has 1 unspecified atom stereocenters. The van der Waals surface area contributed by atoms with Gasteiger partial charge in [0.15, 0.2) is 0 Å². The summed E-state index contributed by atoms with van der Waals surface area (Å²) in [6.07, 6.45) is 4.09. The molecule has 0 saturated heterocycles. The zero-order chi connectivity index (χ0) is 17.8. The van der Waals surface area contributed by atoms with Gasteiger partial charge in [-0.2, -0.15) is 5.10 Å². The molecule has 3 heteroatoms. The molecule has 0 bridgehead atoms. The lowest BCUT2D eigenvalue weighted by Crippen LogP contribution is -2.29. The Labute approximate surface area is 150 Å². The fourth-order valence-corrected chi connectivity index (χ4v) is 3.34. The summed E-state index contributed by atoms with van der Waals surface area (Å²) in [6, 6.07) is 18.5. The van der Waals surface area contributed by atoms with Crippen molar-refractivity contribution < 1.29 is 5.11 Å². The summed E-state index contributed by atoms with van der Waals surface area (Å²) in [4.78, 5) is 0. The summed E-state index contributed by atoms with van der Waals surface area (Å²) in [5.41, 5.74) is 4.59. The fraction of sp³-hybridized carbons (Fsp3) is 0.318. The summed E-state index contributed by atoms with van der Waals surface area (Å²) < 4.78 is 0. The SMILES string of the molecule is CC1=NN(C(C)C)C=C(CCc2ccccc2)C1c1ccccc1O. The highest BCUT2D eigenvalue weighted by molar-refractivity contribution is 5.92. The number of allylic oxidation sites excluding steroid dienone is 1. The Morgan fingerprint density at radius 1 is 1.00 bits per heavy atom. The molecule has 1 aliphatic heterocycles. The Morgan fingerprint density at radius 2 is 1.68 bits per heavy atom. The molecule has 0 aromatic heterocycles. The zero-order valence-corrected chi connectivity index (χ0v) is 15.2. The van der Waals surface area contributed by atoms with Crippen LogP contribution in [-0.4, -0.2) is 21.9 Å². The molecule has 2 aromatic carbocycles. The van der Waals surface area contributed by atoms with Gasteiger partial charge in [0.2, 0.25) is 0 Å². The quantitative estimate of drug-likeness (QED) is 0.826. The largest absolute Gasteiger partial charge is 0.508 e. The lowest BCUT2D eigenvalue weighted by atomic mass is 9.83. The lowest BCUT2D eigenvalue weighted by molar-refractivity contribution is 0.315. The molecule has 1 atom stereocenters. The van der Waals surface area contributed by atoms with Gasteiger partial charge in [0.1, 0.15) is 5.75 Å². The molecule has 3 nitrogen and oxygen atoms in total. The van der Waals surface area contributed by atoms with Gasteiger partial charge in [0, 0.05) is 23.5 Å². The number of aryl methyl sites for hydroxylation is 1. The molecule has 0 radical (unpaired) electrons. The predicted molar refractivity (Wildman–Crippen MR) is 104 cm³/mol. The Hall–Kier alpha value is -2.55. The number of phenolic OH excluding ortho intramolecular Hbond substituents is 1. The predicted octanol–water partition coefficient (Wildman–Crippen LogP) is 5.09. The number of rotatable bonds is 5. The summed E-state index contributed by atoms with van der Waals surface area (Å²) >= 11 is 0. The highest BCUT2D eigenvalue weighted by Gasteiger charge is 2.27. The van der Waals surface area contributed by atoms with Crippen LogP contribution in [0.1, 0.15) is 44.2 Å². The average molecular weight is 334 g/mol. The van der Waals surface area contributed by atoms with Crippen LogP contribution in [0.2, 0.25) is 0 Å². The van der Waals surface area contributed by atoms with E-state index in [1.54, 1.807) is 6.07 Å². The molecule has 25 heavy (non-hydrogen) atoms. The molecule has 1 aliphatic rings. The molecular weight excluding hydrogens is 308 g/mol. The molecule has 1 N–H and O–H groups in total. The minimum absolute atomic E-state index is 0.0416. The Morgan fingerprint density at radius 3 is 2.36 bits per heavy atom. The van der Waals surface area contributed by atoms with Crippen molar-refractivity contribution in [3.63, 3.8) is 0 Å². The van der Waals surface area contributed by atoms with E-state index in [4.69, 9.17) is 5.10 Å². The Bertz CT molecular complexity index is 778. The molecule has 2 aromatic rings. The first-order valence-electron chi connectivity index (χ1n) is 8.92. The molecule has 130 valence electrons. The van der Waals surface area contributed by atoms with Crippen LogP contribution in [0.5, 0.6) is 5.75 Å². The van der Waals surface area contributed by atoms with Crippen molar-refractivity contribution in [2.75, 3.05) is 0 Å². The van der Waals surface area contributed by atoms with Gasteiger partial charge in [0.25, 0.3) is 0 Å². The third-order valence-corrected chi connectivity index (χ3v) is 4.68. The van der Waals surface area contributed by atoms with Crippen molar-refractivity contribution in [3.8, 4) is 5.75 Å². The molecule has 0 saturated carbocycles. The monoisotopic (exact) mass is 334 g/mol. The van der Waals surface area contributed by atoms with Crippen molar-refractivity contribution in [2.24, 2.45) is 5.10 Å². The van der Waals surface area contributed by atoms with Gasteiger partial charge >= 0.3 is 0 Å². The number of benzene rings is 2. The Kier molecular flexibility index (Phi) is 5.22. The smallest absolute Gasteiger partial charge is 0.119 e. The molecule has 1 heterocycles. The maximum absolute atomic E-state index is 10.4. The minimum atomic E-state index is 0.0416. The summed E-state index contributed by atoms with van der Waals surface area (Å²) in [7, 11) is 0.